The molecule has 4 aromatic rings. The van der Waals surface area contributed by atoms with E-state index in [-0.39, 0.29) is 5.78 Å². The zero-order valence-corrected chi connectivity index (χ0v) is 18.4. The van der Waals surface area contributed by atoms with Crippen molar-refractivity contribution < 1.29 is 4.79 Å². The molecule has 156 valence electrons. The fraction of sp³-hybridized carbons (Fsp3) is 0.0312. The average molecular weight is 423 g/mol. The van der Waals surface area contributed by atoms with Crippen LogP contribution in [0.3, 0.4) is 0 Å². The first-order chi connectivity index (χ1) is 16.2. The van der Waals surface area contributed by atoms with Crippen LogP contribution in [0.5, 0.6) is 0 Å². The molecule has 0 heterocycles. The van der Waals surface area contributed by atoms with Gasteiger partial charge < -0.3 is 0 Å². The molecule has 0 bridgehead atoms. The number of rotatable bonds is 3. The molecule has 1 aliphatic rings. The number of hydrogen-bond acceptors (Lipinski definition) is 1. The molecule has 0 aliphatic heterocycles. The van der Waals surface area contributed by atoms with Crippen molar-refractivity contribution in [1.82, 2.24) is 0 Å². The predicted molar refractivity (Wildman–Crippen MR) is 136 cm³/mol. The maximum atomic E-state index is 13.7. The number of allylic oxidation sites excluding steroid dienone is 4. The van der Waals surface area contributed by atoms with Crippen LogP contribution in [-0.2, 0) is 4.79 Å². The summed E-state index contributed by atoms with van der Waals surface area (Å²) < 4.78 is 0. The van der Waals surface area contributed by atoms with Crippen molar-refractivity contribution in [3.05, 3.63) is 149 Å². The summed E-state index contributed by atoms with van der Waals surface area (Å²) in [7, 11) is 0. The van der Waals surface area contributed by atoms with Gasteiger partial charge in [-0.15, -0.1) is 0 Å². The van der Waals surface area contributed by atoms with Gasteiger partial charge in [0.15, 0.2) is 5.78 Å². The molecule has 0 saturated heterocycles. The molecular formula is C32H22O. The van der Waals surface area contributed by atoms with E-state index >= 15 is 0 Å². The summed E-state index contributed by atoms with van der Waals surface area (Å²) in [5.74, 6) is 6.51. The molecule has 0 unspecified atom stereocenters. The third kappa shape index (κ3) is 4.07. The van der Waals surface area contributed by atoms with Crippen LogP contribution in [0.1, 0.15) is 34.7 Å². The lowest BCUT2D eigenvalue weighted by atomic mass is 9.93. The van der Waals surface area contributed by atoms with Crippen LogP contribution in [0, 0.1) is 11.8 Å². The van der Waals surface area contributed by atoms with Gasteiger partial charge in [0.1, 0.15) is 0 Å². The van der Waals surface area contributed by atoms with Crippen molar-refractivity contribution in [1.29, 1.82) is 0 Å². The lowest BCUT2D eigenvalue weighted by molar-refractivity contribution is -0.108. The van der Waals surface area contributed by atoms with Crippen molar-refractivity contribution >= 4 is 22.5 Å². The van der Waals surface area contributed by atoms with Gasteiger partial charge in [-0.25, -0.2) is 0 Å². The van der Waals surface area contributed by atoms with Crippen LogP contribution in [0.4, 0.5) is 0 Å². The second-order valence-electron chi connectivity index (χ2n) is 8.00. The number of hydrogen-bond donors (Lipinski definition) is 0. The third-order valence-electron chi connectivity index (χ3n) is 5.88. The van der Waals surface area contributed by atoms with E-state index in [4.69, 9.17) is 0 Å². The molecule has 0 spiro atoms. The average Bonchev–Trinajstić information content (AvgIpc) is 3.14. The number of carbonyl (C=O) groups excluding carboxylic acids is 1. The first-order valence-corrected chi connectivity index (χ1v) is 11.0. The van der Waals surface area contributed by atoms with E-state index < -0.39 is 0 Å². The third-order valence-corrected chi connectivity index (χ3v) is 5.88. The first-order valence-electron chi connectivity index (χ1n) is 11.0. The van der Waals surface area contributed by atoms with Crippen LogP contribution >= 0.6 is 0 Å². The van der Waals surface area contributed by atoms with Crippen molar-refractivity contribution in [2.45, 2.75) is 6.92 Å². The second-order valence-corrected chi connectivity index (χ2v) is 8.00. The first kappa shape index (κ1) is 20.5. The SMILES string of the molecule is CC1=C(c2ccccc2)C(=O)C(c2ccccc2)=C1c1ccc(C#Cc2ccccc2)cc1. The molecule has 1 nitrogen and oxygen atoms in total. The topological polar surface area (TPSA) is 17.1 Å². The van der Waals surface area contributed by atoms with Crippen molar-refractivity contribution in [3.63, 3.8) is 0 Å². The summed E-state index contributed by atoms with van der Waals surface area (Å²) in [4.78, 5) is 13.7. The standard InChI is InChI=1S/C32H22O/c1-23-29(28-21-19-25(20-22-28)18-17-24-11-5-2-6-12-24)31(27-15-9-4-10-16-27)32(33)30(23)26-13-7-3-8-14-26/h2-16,19-22H,1H3. The minimum atomic E-state index is 0.0767. The number of carbonyl (C=O) groups is 1. The molecule has 0 aromatic heterocycles. The van der Waals surface area contributed by atoms with Crippen LogP contribution < -0.4 is 0 Å². The maximum absolute atomic E-state index is 13.7. The van der Waals surface area contributed by atoms with E-state index in [1.165, 1.54) is 0 Å². The number of Topliss-reactive ketones (excluding diaryl/α,β-unsaturated/α-hetero) is 1. The van der Waals surface area contributed by atoms with Gasteiger partial charge in [-0.2, -0.15) is 0 Å². The van der Waals surface area contributed by atoms with Crippen LogP contribution in [0.25, 0.3) is 16.7 Å². The van der Waals surface area contributed by atoms with Gasteiger partial charge in [-0.05, 0) is 59.0 Å². The molecule has 4 aromatic carbocycles. The number of benzene rings is 4. The van der Waals surface area contributed by atoms with Crippen molar-refractivity contribution in [2.24, 2.45) is 0 Å². The Balaban J connectivity index is 1.59. The molecular weight excluding hydrogens is 400 g/mol. The lowest BCUT2D eigenvalue weighted by Gasteiger charge is -2.09. The Hall–Kier alpha value is -4.41. The van der Waals surface area contributed by atoms with Crippen LogP contribution in [-0.4, -0.2) is 5.78 Å². The van der Waals surface area contributed by atoms with Crippen LogP contribution in [0.2, 0.25) is 0 Å². The van der Waals surface area contributed by atoms with E-state index in [2.05, 4.69) is 30.9 Å². The molecule has 5 rings (SSSR count). The molecule has 0 N–H and O–H groups in total. The fourth-order valence-electron chi connectivity index (χ4n) is 4.30. The molecule has 1 heteroatoms. The van der Waals surface area contributed by atoms with Gasteiger partial charge >= 0.3 is 0 Å². The van der Waals surface area contributed by atoms with Crippen molar-refractivity contribution in [2.75, 3.05) is 0 Å². The van der Waals surface area contributed by atoms with E-state index in [0.717, 1.165) is 50.1 Å². The van der Waals surface area contributed by atoms with E-state index in [9.17, 15) is 4.79 Å². The minimum absolute atomic E-state index is 0.0767. The van der Waals surface area contributed by atoms with Crippen LogP contribution in [0.15, 0.2) is 121 Å². The Morgan fingerprint density at radius 3 is 1.42 bits per heavy atom. The summed E-state index contributed by atoms with van der Waals surface area (Å²) in [6, 6.07) is 38.0. The highest BCUT2D eigenvalue weighted by atomic mass is 16.1. The Morgan fingerprint density at radius 1 is 0.455 bits per heavy atom. The van der Waals surface area contributed by atoms with Crippen molar-refractivity contribution in [3.8, 4) is 11.8 Å². The van der Waals surface area contributed by atoms with E-state index in [1.54, 1.807) is 0 Å². The molecule has 1 aliphatic carbocycles. The van der Waals surface area contributed by atoms with Gasteiger partial charge in [0.25, 0.3) is 0 Å². The summed E-state index contributed by atoms with van der Waals surface area (Å²) in [6.45, 7) is 2.05. The zero-order chi connectivity index (χ0) is 22.6. The quantitative estimate of drug-likeness (QED) is 0.323. The summed E-state index contributed by atoms with van der Waals surface area (Å²) in [6.07, 6.45) is 0. The van der Waals surface area contributed by atoms with Gasteiger partial charge in [0, 0.05) is 22.3 Å². The van der Waals surface area contributed by atoms with Gasteiger partial charge in [-0.3, -0.25) is 4.79 Å². The molecule has 0 saturated carbocycles. The fourth-order valence-corrected chi connectivity index (χ4v) is 4.30. The predicted octanol–water partition coefficient (Wildman–Crippen LogP) is 7.05. The highest BCUT2D eigenvalue weighted by molar-refractivity contribution is 6.52. The molecule has 0 atom stereocenters. The lowest BCUT2D eigenvalue weighted by Crippen LogP contribution is -2.01. The smallest absolute Gasteiger partial charge is 0.195 e. The molecule has 0 amide bonds. The Kier molecular flexibility index (Phi) is 5.58. The van der Waals surface area contributed by atoms with Gasteiger partial charge in [0.2, 0.25) is 0 Å². The molecule has 0 fully saturated rings. The van der Waals surface area contributed by atoms with E-state index in [1.807, 2.05) is 103 Å². The minimum Gasteiger partial charge on any atom is -0.289 e. The molecule has 33 heavy (non-hydrogen) atoms. The summed E-state index contributed by atoms with van der Waals surface area (Å²) in [5.41, 5.74) is 8.38. The molecule has 0 radical (unpaired) electrons. The Bertz CT molecular complexity index is 1430. The largest absolute Gasteiger partial charge is 0.289 e. The number of ketones is 1. The highest BCUT2D eigenvalue weighted by Crippen LogP contribution is 2.44. The zero-order valence-electron chi connectivity index (χ0n) is 18.4. The summed E-state index contributed by atoms with van der Waals surface area (Å²) in [5, 5.41) is 0. The second kappa shape index (κ2) is 8.99. The van der Waals surface area contributed by atoms with E-state index in [0.29, 0.717) is 0 Å². The monoisotopic (exact) mass is 422 g/mol. The maximum Gasteiger partial charge on any atom is 0.195 e. The summed E-state index contributed by atoms with van der Waals surface area (Å²) >= 11 is 0. The van der Waals surface area contributed by atoms with Gasteiger partial charge in [-0.1, -0.05) is 103 Å². The van der Waals surface area contributed by atoms with Gasteiger partial charge in [0.05, 0.1) is 0 Å². The highest BCUT2D eigenvalue weighted by Gasteiger charge is 2.32. The normalized spacial score (nSPS) is 13.2. The Labute approximate surface area is 194 Å². The Morgan fingerprint density at radius 2 is 0.879 bits per heavy atom.